The second-order valence-corrected chi connectivity index (χ2v) is 13.8. The topological polar surface area (TPSA) is 40.5 Å². The molecule has 0 aromatic heterocycles. The maximum absolute atomic E-state index is 10.4. The van der Waals surface area contributed by atoms with Gasteiger partial charge in [-0.2, -0.15) is 0 Å². The van der Waals surface area contributed by atoms with Crippen molar-refractivity contribution in [2.45, 2.75) is 70.6 Å². The molecule has 2 aliphatic carbocycles. The van der Waals surface area contributed by atoms with Gasteiger partial charge in [0.1, 0.15) is 11.5 Å². The Labute approximate surface area is 231 Å². The van der Waals surface area contributed by atoms with Crippen LogP contribution in [0.15, 0.2) is 42.2 Å². The van der Waals surface area contributed by atoms with Crippen molar-refractivity contribution in [1.29, 1.82) is 0 Å². The maximum Gasteiger partial charge on any atom is 0.143 e. The fourth-order valence-corrected chi connectivity index (χ4v) is 8.96. The molecule has 2 aromatic carbocycles. The summed E-state index contributed by atoms with van der Waals surface area (Å²) in [6, 6.07) is 8.30. The molecule has 0 aliphatic heterocycles. The highest BCUT2D eigenvalue weighted by atomic mass is 79.9. The van der Waals surface area contributed by atoms with Crippen LogP contribution in [0.25, 0.3) is 0 Å². The molecule has 2 aromatic rings. The highest BCUT2D eigenvalue weighted by Gasteiger charge is 2.43. The Kier molecular flexibility index (Phi) is 8.30. The second-order valence-electron chi connectivity index (χ2n) is 10.4. The van der Waals surface area contributed by atoms with Gasteiger partial charge in [0.15, 0.2) is 0 Å². The largest absolute Gasteiger partial charge is 0.506 e. The van der Waals surface area contributed by atoms with Crippen LogP contribution in [-0.4, -0.2) is 10.2 Å². The smallest absolute Gasteiger partial charge is 0.143 e. The number of aromatic hydroxyl groups is 2. The number of phenolic OH excluding ortho intramolecular Hbond substituents is 2. The van der Waals surface area contributed by atoms with Crippen LogP contribution >= 0.6 is 63.7 Å². The summed E-state index contributed by atoms with van der Waals surface area (Å²) < 4.78 is 2.82. The fraction of sp³-hybridized carbons (Fsp3) is 0.556. The monoisotopic (exact) mass is 704 g/mol. The van der Waals surface area contributed by atoms with Crippen molar-refractivity contribution in [2.24, 2.45) is 23.7 Å². The van der Waals surface area contributed by atoms with Crippen LogP contribution in [0.4, 0.5) is 0 Å². The summed E-state index contributed by atoms with van der Waals surface area (Å²) in [7, 11) is 0. The van der Waals surface area contributed by atoms with E-state index in [1.807, 2.05) is 0 Å². The summed E-state index contributed by atoms with van der Waals surface area (Å²) in [6.07, 6.45) is 10.1. The van der Waals surface area contributed by atoms with E-state index in [1.165, 1.54) is 49.7 Å². The first-order valence-electron chi connectivity index (χ1n) is 12.0. The lowest BCUT2D eigenvalue weighted by Crippen LogP contribution is -2.38. The Hall–Kier alpha value is -0.0400. The Morgan fingerprint density at radius 2 is 1.15 bits per heavy atom. The number of phenols is 2. The molecule has 0 bridgehead atoms. The van der Waals surface area contributed by atoms with Crippen LogP contribution < -0.4 is 0 Å². The van der Waals surface area contributed by atoms with Gasteiger partial charge in [-0.1, -0.05) is 26.7 Å². The zero-order valence-corrected chi connectivity index (χ0v) is 25.5. The van der Waals surface area contributed by atoms with Gasteiger partial charge in [-0.15, -0.1) is 0 Å². The molecule has 0 radical (unpaired) electrons. The lowest BCUT2D eigenvalue weighted by molar-refractivity contribution is 0.0837. The van der Waals surface area contributed by atoms with Crippen molar-refractivity contribution in [3.05, 3.63) is 53.3 Å². The summed E-state index contributed by atoms with van der Waals surface area (Å²) in [4.78, 5) is 0. The van der Waals surface area contributed by atoms with Crippen molar-refractivity contribution < 1.29 is 10.2 Å². The lowest BCUT2D eigenvalue weighted by atomic mass is 9.58. The van der Waals surface area contributed by atoms with E-state index in [2.05, 4.69) is 102 Å². The Balaban J connectivity index is 1.73. The normalized spacial score (nSPS) is 23.7. The molecule has 180 valence electrons. The third kappa shape index (κ3) is 5.11. The molecule has 2 fully saturated rings. The van der Waals surface area contributed by atoms with Crippen molar-refractivity contribution in [3.8, 4) is 11.5 Å². The van der Waals surface area contributed by atoms with E-state index in [0.717, 1.165) is 36.5 Å². The average Bonchev–Trinajstić information content (AvgIpc) is 2.80. The standard InChI is InChI=1S/C27H32Br4O2/c1-15(2)19-5-3-4-6-20(19)16-7-9-27(10-8-16,17-11-21(28)25(32)22(29)12-17)18-13-23(30)26(33)24(31)14-18/h11-16,19-20,32-33H,3-10H2,1-2H3. The molecule has 2 N–H and O–H groups in total. The van der Waals surface area contributed by atoms with Gasteiger partial charge in [0.05, 0.1) is 17.9 Å². The lowest BCUT2D eigenvalue weighted by Gasteiger charge is -2.47. The second kappa shape index (κ2) is 10.5. The summed E-state index contributed by atoms with van der Waals surface area (Å²) >= 11 is 14.2. The van der Waals surface area contributed by atoms with Crippen LogP contribution in [-0.2, 0) is 5.41 Å². The predicted octanol–water partition coefficient (Wildman–Crippen LogP) is 10.1. The Bertz CT molecular complexity index is 906. The molecule has 6 heteroatoms. The summed E-state index contributed by atoms with van der Waals surface area (Å²) in [5.74, 6) is 3.70. The Morgan fingerprint density at radius 3 is 1.58 bits per heavy atom. The zero-order valence-electron chi connectivity index (χ0n) is 19.2. The minimum Gasteiger partial charge on any atom is -0.506 e. The molecule has 2 atom stereocenters. The first-order valence-corrected chi connectivity index (χ1v) is 15.2. The van der Waals surface area contributed by atoms with E-state index >= 15 is 0 Å². The van der Waals surface area contributed by atoms with Gasteiger partial charge in [-0.25, -0.2) is 0 Å². The first-order chi connectivity index (χ1) is 15.6. The quantitative estimate of drug-likeness (QED) is 0.332. The van der Waals surface area contributed by atoms with Gasteiger partial charge in [-0.05, 0) is 161 Å². The minimum absolute atomic E-state index is 0.171. The van der Waals surface area contributed by atoms with Crippen LogP contribution in [0, 0.1) is 23.7 Å². The van der Waals surface area contributed by atoms with E-state index in [9.17, 15) is 10.2 Å². The van der Waals surface area contributed by atoms with E-state index in [1.54, 1.807) is 0 Å². The molecule has 2 saturated carbocycles. The summed E-state index contributed by atoms with van der Waals surface area (Å²) in [5.41, 5.74) is 2.23. The van der Waals surface area contributed by atoms with E-state index < -0.39 is 0 Å². The summed E-state index contributed by atoms with van der Waals surface area (Å²) in [6.45, 7) is 4.82. The fourth-order valence-electron chi connectivity index (χ4n) is 6.59. The number of hydrogen-bond acceptors (Lipinski definition) is 2. The number of halogens is 4. The minimum atomic E-state index is -0.171. The van der Waals surface area contributed by atoms with Gasteiger partial charge < -0.3 is 10.2 Å². The van der Waals surface area contributed by atoms with Crippen LogP contribution in [0.3, 0.4) is 0 Å². The molecule has 0 heterocycles. The highest BCUT2D eigenvalue weighted by molar-refractivity contribution is 9.11. The molecular weight excluding hydrogens is 676 g/mol. The maximum atomic E-state index is 10.4. The zero-order chi connectivity index (χ0) is 23.9. The van der Waals surface area contributed by atoms with Gasteiger partial charge in [0.2, 0.25) is 0 Å². The third-order valence-electron chi connectivity index (χ3n) is 8.36. The van der Waals surface area contributed by atoms with Crippen molar-refractivity contribution in [3.63, 3.8) is 0 Å². The van der Waals surface area contributed by atoms with Crippen LogP contribution in [0.1, 0.15) is 76.3 Å². The summed E-state index contributed by atoms with van der Waals surface area (Å²) in [5, 5.41) is 20.7. The number of hydrogen-bond donors (Lipinski definition) is 2. The average molecular weight is 708 g/mol. The molecule has 2 unspecified atom stereocenters. The molecule has 2 nitrogen and oxygen atoms in total. The van der Waals surface area contributed by atoms with E-state index in [0.29, 0.717) is 17.9 Å². The Morgan fingerprint density at radius 1 is 0.727 bits per heavy atom. The van der Waals surface area contributed by atoms with Crippen LogP contribution in [0.5, 0.6) is 11.5 Å². The highest BCUT2D eigenvalue weighted by Crippen LogP contribution is 2.54. The number of benzene rings is 2. The first kappa shape index (κ1) is 26.0. The van der Waals surface area contributed by atoms with Gasteiger partial charge in [0.25, 0.3) is 0 Å². The molecule has 33 heavy (non-hydrogen) atoms. The molecular formula is C27H32Br4O2. The van der Waals surface area contributed by atoms with Crippen molar-refractivity contribution in [1.82, 2.24) is 0 Å². The van der Waals surface area contributed by atoms with Gasteiger partial charge in [0, 0.05) is 5.41 Å². The SMILES string of the molecule is CC(C)C1CCCCC1C1CCC(c2cc(Br)c(O)c(Br)c2)(c2cc(Br)c(O)c(Br)c2)CC1. The van der Waals surface area contributed by atoms with E-state index in [-0.39, 0.29) is 16.9 Å². The van der Waals surface area contributed by atoms with Crippen LogP contribution in [0.2, 0.25) is 0 Å². The predicted molar refractivity (Wildman–Crippen MR) is 150 cm³/mol. The van der Waals surface area contributed by atoms with Crippen molar-refractivity contribution in [2.75, 3.05) is 0 Å². The van der Waals surface area contributed by atoms with Gasteiger partial charge in [-0.3, -0.25) is 0 Å². The van der Waals surface area contributed by atoms with Gasteiger partial charge >= 0.3 is 0 Å². The number of rotatable bonds is 4. The molecule has 4 rings (SSSR count). The van der Waals surface area contributed by atoms with Crippen molar-refractivity contribution >= 4 is 63.7 Å². The molecule has 0 spiro atoms. The molecule has 0 amide bonds. The van der Waals surface area contributed by atoms with E-state index in [4.69, 9.17) is 0 Å². The molecule has 0 saturated heterocycles. The third-order valence-corrected chi connectivity index (χ3v) is 10.8. The molecule has 2 aliphatic rings.